The Hall–Kier alpha value is -1.14. The number of carbonyl (C=O) groups is 2. The highest BCUT2D eigenvalue weighted by Gasteiger charge is 2.27. The molecule has 1 heterocycles. The minimum Gasteiger partial charge on any atom is -0.368 e. The zero-order chi connectivity index (χ0) is 14.4. The second-order valence-electron chi connectivity index (χ2n) is 5.81. The average molecular weight is 282 g/mol. The summed E-state index contributed by atoms with van der Waals surface area (Å²) in [6.07, 6.45) is 6.36. The standard InChI is InChI=1S/C14H26N4O2/c15-14(20)12-10-16-7-9-18(12)8-6-13(19)17-11-4-2-1-3-5-11/h11-12,16H,1-10H2,(H2,15,20)(H,17,19). The first-order valence-electron chi connectivity index (χ1n) is 7.70. The van der Waals surface area contributed by atoms with Gasteiger partial charge in [-0.3, -0.25) is 14.5 Å². The van der Waals surface area contributed by atoms with Gasteiger partial charge in [-0.15, -0.1) is 0 Å². The van der Waals surface area contributed by atoms with E-state index in [1.54, 1.807) is 0 Å². The second-order valence-corrected chi connectivity index (χ2v) is 5.81. The first-order valence-corrected chi connectivity index (χ1v) is 7.70. The van der Waals surface area contributed by atoms with Gasteiger partial charge in [0, 0.05) is 38.6 Å². The third kappa shape index (κ3) is 4.45. The van der Waals surface area contributed by atoms with Gasteiger partial charge in [-0.1, -0.05) is 19.3 Å². The van der Waals surface area contributed by atoms with Crippen LogP contribution in [-0.2, 0) is 9.59 Å². The third-order valence-electron chi connectivity index (χ3n) is 4.28. The molecule has 4 N–H and O–H groups in total. The van der Waals surface area contributed by atoms with Crippen LogP contribution in [0.2, 0.25) is 0 Å². The Morgan fingerprint density at radius 2 is 2.00 bits per heavy atom. The summed E-state index contributed by atoms with van der Waals surface area (Å²) in [7, 11) is 0. The zero-order valence-corrected chi connectivity index (χ0v) is 12.1. The molecule has 0 aromatic heterocycles. The summed E-state index contributed by atoms with van der Waals surface area (Å²) in [6, 6.07) is 0.0671. The van der Waals surface area contributed by atoms with Gasteiger partial charge in [-0.05, 0) is 12.8 Å². The van der Waals surface area contributed by atoms with E-state index >= 15 is 0 Å². The molecule has 1 aliphatic carbocycles. The fourth-order valence-electron chi connectivity index (χ4n) is 3.09. The van der Waals surface area contributed by atoms with Crippen LogP contribution >= 0.6 is 0 Å². The van der Waals surface area contributed by atoms with Gasteiger partial charge < -0.3 is 16.4 Å². The van der Waals surface area contributed by atoms with Crippen molar-refractivity contribution in [1.29, 1.82) is 0 Å². The predicted octanol–water partition coefficient (Wildman–Crippen LogP) is -0.415. The molecule has 6 nitrogen and oxygen atoms in total. The molecular weight excluding hydrogens is 256 g/mol. The number of rotatable bonds is 5. The highest BCUT2D eigenvalue weighted by Crippen LogP contribution is 2.17. The molecular formula is C14H26N4O2. The number of primary amides is 1. The lowest BCUT2D eigenvalue weighted by Gasteiger charge is -2.34. The van der Waals surface area contributed by atoms with Crippen molar-refractivity contribution in [3.8, 4) is 0 Å². The number of hydrogen-bond acceptors (Lipinski definition) is 4. The Bertz CT molecular complexity index is 342. The van der Waals surface area contributed by atoms with E-state index < -0.39 is 0 Å². The van der Waals surface area contributed by atoms with E-state index in [-0.39, 0.29) is 17.9 Å². The van der Waals surface area contributed by atoms with Gasteiger partial charge in [0.05, 0.1) is 0 Å². The van der Waals surface area contributed by atoms with Crippen LogP contribution in [0.5, 0.6) is 0 Å². The lowest BCUT2D eigenvalue weighted by molar-refractivity contribution is -0.126. The SMILES string of the molecule is NC(=O)C1CNCCN1CCC(=O)NC1CCCCC1. The fraction of sp³-hybridized carbons (Fsp3) is 0.857. The van der Waals surface area contributed by atoms with Crippen LogP contribution in [0.25, 0.3) is 0 Å². The Kier molecular flexibility index (Phi) is 5.79. The van der Waals surface area contributed by atoms with E-state index in [2.05, 4.69) is 10.6 Å². The maximum atomic E-state index is 12.0. The minimum absolute atomic E-state index is 0.0960. The molecule has 20 heavy (non-hydrogen) atoms. The first kappa shape index (κ1) is 15.3. The molecule has 6 heteroatoms. The smallest absolute Gasteiger partial charge is 0.236 e. The van der Waals surface area contributed by atoms with E-state index in [4.69, 9.17) is 5.73 Å². The van der Waals surface area contributed by atoms with Gasteiger partial charge in [-0.2, -0.15) is 0 Å². The molecule has 1 saturated carbocycles. The lowest BCUT2D eigenvalue weighted by atomic mass is 9.95. The molecule has 1 aliphatic heterocycles. The lowest BCUT2D eigenvalue weighted by Crippen LogP contribution is -2.57. The van der Waals surface area contributed by atoms with Crippen LogP contribution in [0.4, 0.5) is 0 Å². The van der Waals surface area contributed by atoms with Crippen LogP contribution in [0.1, 0.15) is 38.5 Å². The largest absolute Gasteiger partial charge is 0.368 e. The van der Waals surface area contributed by atoms with Crippen LogP contribution in [0, 0.1) is 0 Å². The summed E-state index contributed by atoms with van der Waals surface area (Å²) in [5.41, 5.74) is 5.39. The molecule has 1 unspecified atom stereocenters. The van der Waals surface area contributed by atoms with Crippen molar-refractivity contribution < 1.29 is 9.59 Å². The van der Waals surface area contributed by atoms with Crippen molar-refractivity contribution in [3.63, 3.8) is 0 Å². The number of nitrogens with zero attached hydrogens (tertiary/aromatic N) is 1. The topological polar surface area (TPSA) is 87.5 Å². The first-order chi connectivity index (χ1) is 9.66. The molecule has 0 radical (unpaired) electrons. The van der Waals surface area contributed by atoms with Crippen molar-refractivity contribution in [2.45, 2.75) is 50.6 Å². The van der Waals surface area contributed by atoms with Crippen LogP contribution < -0.4 is 16.4 Å². The summed E-state index contributed by atoms with van der Waals surface area (Å²) in [6.45, 7) is 2.80. The monoisotopic (exact) mass is 282 g/mol. The molecule has 2 rings (SSSR count). The zero-order valence-electron chi connectivity index (χ0n) is 12.1. The molecule has 0 bridgehead atoms. The van der Waals surface area contributed by atoms with Crippen molar-refractivity contribution in [2.24, 2.45) is 5.73 Å². The van der Waals surface area contributed by atoms with Crippen molar-refractivity contribution >= 4 is 11.8 Å². The van der Waals surface area contributed by atoms with Gasteiger partial charge >= 0.3 is 0 Å². The van der Waals surface area contributed by atoms with E-state index in [1.165, 1.54) is 19.3 Å². The number of nitrogens with one attached hydrogen (secondary N) is 2. The molecule has 2 fully saturated rings. The Morgan fingerprint density at radius 3 is 2.70 bits per heavy atom. The highest BCUT2D eigenvalue weighted by atomic mass is 16.2. The fourth-order valence-corrected chi connectivity index (χ4v) is 3.09. The summed E-state index contributed by atoms with van der Waals surface area (Å²) >= 11 is 0. The van der Waals surface area contributed by atoms with E-state index in [9.17, 15) is 9.59 Å². The number of piperazine rings is 1. The summed E-state index contributed by atoms with van der Waals surface area (Å²) in [5.74, 6) is -0.219. The number of amides is 2. The molecule has 2 aliphatic rings. The minimum atomic E-state index is -0.315. The van der Waals surface area contributed by atoms with Crippen molar-refractivity contribution in [1.82, 2.24) is 15.5 Å². The van der Waals surface area contributed by atoms with Gasteiger partial charge in [0.1, 0.15) is 6.04 Å². The maximum absolute atomic E-state index is 12.0. The summed E-state index contributed by atoms with van der Waals surface area (Å²) in [4.78, 5) is 25.3. The van der Waals surface area contributed by atoms with Crippen LogP contribution in [0.15, 0.2) is 0 Å². The Balaban J connectivity index is 1.72. The maximum Gasteiger partial charge on any atom is 0.236 e. The molecule has 0 spiro atoms. The highest BCUT2D eigenvalue weighted by molar-refractivity contribution is 5.80. The van der Waals surface area contributed by atoms with Gasteiger partial charge in [-0.25, -0.2) is 0 Å². The van der Waals surface area contributed by atoms with Gasteiger partial charge in [0.15, 0.2) is 0 Å². The Morgan fingerprint density at radius 1 is 1.25 bits per heavy atom. The quantitative estimate of drug-likeness (QED) is 0.639. The van der Waals surface area contributed by atoms with Crippen LogP contribution in [-0.4, -0.2) is 55.0 Å². The van der Waals surface area contributed by atoms with Gasteiger partial charge in [0.2, 0.25) is 11.8 Å². The summed E-state index contributed by atoms with van der Waals surface area (Å²) < 4.78 is 0. The Labute approximate surface area is 120 Å². The normalized spacial score (nSPS) is 25.3. The van der Waals surface area contributed by atoms with Crippen LogP contribution in [0.3, 0.4) is 0 Å². The van der Waals surface area contributed by atoms with E-state index in [1.807, 2.05) is 4.90 Å². The average Bonchev–Trinajstić information content (AvgIpc) is 2.46. The number of carbonyl (C=O) groups excluding carboxylic acids is 2. The molecule has 1 saturated heterocycles. The van der Waals surface area contributed by atoms with Crippen molar-refractivity contribution in [3.05, 3.63) is 0 Å². The second kappa shape index (κ2) is 7.59. The van der Waals surface area contributed by atoms with E-state index in [0.29, 0.717) is 25.6 Å². The number of nitrogens with two attached hydrogens (primary N) is 1. The molecule has 114 valence electrons. The third-order valence-corrected chi connectivity index (χ3v) is 4.28. The van der Waals surface area contributed by atoms with Gasteiger partial charge in [0.25, 0.3) is 0 Å². The number of hydrogen-bond donors (Lipinski definition) is 3. The molecule has 0 aromatic rings. The summed E-state index contributed by atoms with van der Waals surface area (Å²) in [5, 5.41) is 6.26. The van der Waals surface area contributed by atoms with Crippen molar-refractivity contribution in [2.75, 3.05) is 26.2 Å². The molecule has 2 amide bonds. The predicted molar refractivity (Wildman–Crippen MR) is 77.1 cm³/mol. The molecule has 0 aromatic carbocycles. The molecule has 1 atom stereocenters. The van der Waals surface area contributed by atoms with E-state index in [0.717, 1.165) is 25.9 Å².